The van der Waals surface area contributed by atoms with Crippen molar-refractivity contribution >= 4 is 29.2 Å². The molecule has 0 heterocycles. The van der Waals surface area contributed by atoms with Crippen LogP contribution in [0.15, 0.2) is 42.5 Å². The fourth-order valence-electron chi connectivity index (χ4n) is 2.57. The van der Waals surface area contributed by atoms with Crippen LogP contribution in [0, 0.1) is 17.0 Å². The van der Waals surface area contributed by atoms with Crippen LogP contribution in [0.5, 0.6) is 0 Å². The molecule has 1 aliphatic rings. The van der Waals surface area contributed by atoms with E-state index in [0.29, 0.717) is 24.1 Å². The Morgan fingerprint density at radius 2 is 1.44 bits per heavy atom. The van der Waals surface area contributed by atoms with Gasteiger partial charge in [-0.25, -0.2) is 13.6 Å². The Bertz CT molecular complexity index is 908. The lowest BCUT2D eigenvalue weighted by Gasteiger charge is -2.15. The summed E-state index contributed by atoms with van der Waals surface area (Å²) >= 11 is 0. The lowest BCUT2D eigenvalue weighted by atomic mass is 10.0. The minimum absolute atomic E-state index is 0.0698. The summed E-state index contributed by atoms with van der Waals surface area (Å²) in [6.45, 7) is 0. The maximum absolute atomic E-state index is 13.3. The first-order valence-electron chi connectivity index (χ1n) is 8.12. The lowest BCUT2D eigenvalue weighted by Crippen LogP contribution is -2.35. The third kappa shape index (κ3) is 3.79. The van der Waals surface area contributed by atoms with Crippen LogP contribution in [-0.2, 0) is 14.3 Å². The number of benzene rings is 2. The molecule has 1 fully saturated rings. The second-order valence-corrected chi connectivity index (χ2v) is 6.19. The molecule has 3 rings (SSSR count). The highest BCUT2D eigenvalue weighted by Gasteiger charge is 2.56. The van der Waals surface area contributed by atoms with E-state index in [-0.39, 0.29) is 5.69 Å². The van der Waals surface area contributed by atoms with Crippen LogP contribution in [-0.4, -0.2) is 24.9 Å². The van der Waals surface area contributed by atoms with Crippen LogP contribution in [0.2, 0.25) is 0 Å². The van der Waals surface area contributed by atoms with Gasteiger partial charge in [0.2, 0.25) is 11.8 Å². The SMILES string of the molecule is COC(=O)c1ccc(NC(=O)C2(C(=O)Nc3ccc(F)c(F)c3)CC2)cc1. The van der Waals surface area contributed by atoms with Gasteiger partial charge < -0.3 is 15.4 Å². The fourth-order valence-corrected chi connectivity index (χ4v) is 2.57. The molecule has 0 aliphatic heterocycles. The van der Waals surface area contributed by atoms with E-state index < -0.39 is 34.8 Å². The van der Waals surface area contributed by atoms with Crippen molar-refractivity contribution < 1.29 is 27.9 Å². The van der Waals surface area contributed by atoms with Gasteiger partial charge in [0, 0.05) is 17.4 Å². The number of amides is 2. The van der Waals surface area contributed by atoms with E-state index in [1.807, 2.05) is 0 Å². The van der Waals surface area contributed by atoms with Gasteiger partial charge in [-0.1, -0.05) is 0 Å². The van der Waals surface area contributed by atoms with Crippen LogP contribution >= 0.6 is 0 Å². The number of hydrogen-bond donors (Lipinski definition) is 2. The average Bonchev–Trinajstić information content (AvgIpc) is 3.47. The summed E-state index contributed by atoms with van der Waals surface area (Å²) in [5.41, 5.74) is -0.445. The van der Waals surface area contributed by atoms with Gasteiger partial charge in [0.25, 0.3) is 0 Å². The third-order valence-electron chi connectivity index (χ3n) is 4.36. The summed E-state index contributed by atoms with van der Waals surface area (Å²) in [4.78, 5) is 36.4. The van der Waals surface area contributed by atoms with Crippen LogP contribution in [0.4, 0.5) is 20.2 Å². The predicted molar refractivity (Wildman–Crippen MR) is 93.1 cm³/mol. The van der Waals surface area contributed by atoms with E-state index >= 15 is 0 Å². The maximum atomic E-state index is 13.3. The number of esters is 1. The van der Waals surface area contributed by atoms with Crippen molar-refractivity contribution in [2.45, 2.75) is 12.8 Å². The van der Waals surface area contributed by atoms with Gasteiger partial charge in [-0.2, -0.15) is 0 Å². The minimum Gasteiger partial charge on any atom is -0.465 e. The molecule has 2 aromatic carbocycles. The number of methoxy groups -OCH3 is 1. The number of nitrogens with one attached hydrogen (secondary N) is 2. The number of rotatable bonds is 5. The zero-order valence-electron chi connectivity index (χ0n) is 14.3. The van der Waals surface area contributed by atoms with Crippen LogP contribution < -0.4 is 10.6 Å². The van der Waals surface area contributed by atoms with E-state index in [1.54, 1.807) is 0 Å². The van der Waals surface area contributed by atoms with Gasteiger partial charge in [0.1, 0.15) is 5.41 Å². The fraction of sp³-hybridized carbons (Fsp3) is 0.211. The van der Waals surface area contributed by atoms with E-state index in [2.05, 4.69) is 15.4 Å². The summed E-state index contributed by atoms with van der Waals surface area (Å²) in [5, 5.41) is 5.07. The number of halogens is 2. The Morgan fingerprint density at radius 3 is 1.96 bits per heavy atom. The summed E-state index contributed by atoms with van der Waals surface area (Å²) in [5.74, 6) is -3.71. The number of carbonyl (C=O) groups excluding carboxylic acids is 3. The quantitative estimate of drug-likeness (QED) is 0.622. The second-order valence-electron chi connectivity index (χ2n) is 6.19. The van der Waals surface area contributed by atoms with Crippen LogP contribution in [0.1, 0.15) is 23.2 Å². The maximum Gasteiger partial charge on any atom is 0.337 e. The molecule has 2 aromatic rings. The van der Waals surface area contributed by atoms with Crippen molar-refractivity contribution in [1.29, 1.82) is 0 Å². The number of carbonyl (C=O) groups is 3. The smallest absolute Gasteiger partial charge is 0.337 e. The lowest BCUT2D eigenvalue weighted by molar-refractivity contribution is -0.131. The molecule has 1 saturated carbocycles. The molecule has 0 aromatic heterocycles. The van der Waals surface area contributed by atoms with Crippen molar-refractivity contribution in [2.75, 3.05) is 17.7 Å². The Hall–Kier alpha value is -3.29. The normalized spacial score (nSPS) is 14.2. The number of ether oxygens (including phenoxy) is 1. The highest BCUT2D eigenvalue weighted by molar-refractivity contribution is 6.16. The molecule has 0 saturated heterocycles. The topological polar surface area (TPSA) is 84.5 Å². The average molecular weight is 374 g/mol. The van der Waals surface area contributed by atoms with Crippen LogP contribution in [0.25, 0.3) is 0 Å². The van der Waals surface area contributed by atoms with E-state index in [9.17, 15) is 23.2 Å². The molecule has 8 heteroatoms. The van der Waals surface area contributed by atoms with Crippen LogP contribution in [0.3, 0.4) is 0 Å². The Balaban J connectivity index is 1.67. The first kappa shape index (κ1) is 18.5. The summed E-state index contributed by atoms with van der Waals surface area (Å²) in [7, 11) is 1.26. The van der Waals surface area contributed by atoms with Crippen molar-refractivity contribution in [2.24, 2.45) is 5.41 Å². The molecule has 0 bridgehead atoms. The molecule has 0 atom stereocenters. The molecule has 0 unspecified atom stereocenters. The highest BCUT2D eigenvalue weighted by atomic mass is 19.2. The van der Waals surface area contributed by atoms with Crippen molar-refractivity contribution in [3.63, 3.8) is 0 Å². The van der Waals surface area contributed by atoms with Crippen molar-refractivity contribution in [3.05, 3.63) is 59.7 Å². The largest absolute Gasteiger partial charge is 0.465 e. The molecule has 2 amide bonds. The summed E-state index contributed by atoms with van der Waals surface area (Å²) in [6, 6.07) is 8.99. The number of anilines is 2. The molecule has 1 aliphatic carbocycles. The number of hydrogen-bond acceptors (Lipinski definition) is 4. The Labute approximate surface area is 153 Å². The van der Waals surface area contributed by atoms with Gasteiger partial charge in [0.15, 0.2) is 11.6 Å². The molecule has 27 heavy (non-hydrogen) atoms. The summed E-state index contributed by atoms with van der Waals surface area (Å²) < 4.78 is 30.8. The predicted octanol–water partition coefficient (Wildman–Crippen LogP) is 3.11. The second kappa shape index (κ2) is 7.14. The van der Waals surface area contributed by atoms with Gasteiger partial charge >= 0.3 is 5.97 Å². The van der Waals surface area contributed by atoms with E-state index in [0.717, 1.165) is 12.1 Å². The van der Waals surface area contributed by atoms with Gasteiger partial charge in [-0.15, -0.1) is 0 Å². The van der Waals surface area contributed by atoms with E-state index in [1.165, 1.54) is 37.4 Å². The molecule has 6 nitrogen and oxygen atoms in total. The van der Waals surface area contributed by atoms with Gasteiger partial charge in [-0.05, 0) is 49.2 Å². The molecular weight excluding hydrogens is 358 g/mol. The van der Waals surface area contributed by atoms with E-state index in [4.69, 9.17) is 0 Å². The zero-order chi connectivity index (χ0) is 19.6. The first-order valence-corrected chi connectivity index (χ1v) is 8.12. The monoisotopic (exact) mass is 374 g/mol. The Morgan fingerprint density at radius 1 is 0.889 bits per heavy atom. The molecule has 0 radical (unpaired) electrons. The molecule has 140 valence electrons. The summed E-state index contributed by atoms with van der Waals surface area (Å²) in [6.07, 6.45) is 0.684. The molecule has 2 N–H and O–H groups in total. The first-order chi connectivity index (χ1) is 12.9. The van der Waals surface area contributed by atoms with Gasteiger partial charge in [0.05, 0.1) is 12.7 Å². The van der Waals surface area contributed by atoms with Gasteiger partial charge in [-0.3, -0.25) is 9.59 Å². The standard InChI is InChI=1S/C19H16F2N2O4/c1-27-16(24)11-2-4-12(5-3-11)22-17(25)19(8-9-19)18(26)23-13-6-7-14(20)15(21)10-13/h2-7,10H,8-9H2,1H3,(H,22,25)(H,23,26). The zero-order valence-corrected chi connectivity index (χ0v) is 14.3. The highest BCUT2D eigenvalue weighted by Crippen LogP contribution is 2.47. The minimum atomic E-state index is -1.26. The Kier molecular flexibility index (Phi) is 4.89. The molecule has 0 spiro atoms. The van der Waals surface area contributed by atoms with Crippen molar-refractivity contribution in [1.82, 2.24) is 0 Å². The van der Waals surface area contributed by atoms with Crippen molar-refractivity contribution in [3.8, 4) is 0 Å². The third-order valence-corrected chi connectivity index (χ3v) is 4.36. The molecular formula is C19H16F2N2O4.